The Morgan fingerprint density at radius 3 is 2.39 bits per heavy atom. The third-order valence-electron chi connectivity index (χ3n) is 7.95. The van der Waals surface area contributed by atoms with Crippen molar-refractivity contribution in [3.63, 3.8) is 0 Å². The van der Waals surface area contributed by atoms with Crippen molar-refractivity contribution in [2.75, 3.05) is 68.7 Å². The van der Waals surface area contributed by atoms with Crippen molar-refractivity contribution in [3.05, 3.63) is 46.3 Å². The highest BCUT2D eigenvalue weighted by Crippen LogP contribution is 2.32. The number of amides is 5. The van der Waals surface area contributed by atoms with Gasteiger partial charge in [-0.1, -0.05) is 6.07 Å². The lowest BCUT2D eigenvalue weighted by atomic mass is 10.1. The van der Waals surface area contributed by atoms with E-state index in [-0.39, 0.29) is 24.1 Å². The second kappa shape index (κ2) is 10.4. The molecule has 0 spiro atoms. The fourth-order valence-electron chi connectivity index (χ4n) is 5.77. The molecule has 0 atom stereocenters. The predicted molar refractivity (Wildman–Crippen MR) is 152 cm³/mol. The highest BCUT2D eigenvalue weighted by atomic mass is 32.1. The number of rotatable bonds is 5. The van der Waals surface area contributed by atoms with E-state index >= 15 is 0 Å². The first kappa shape index (κ1) is 25.8. The third-order valence-corrected chi connectivity index (χ3v) is 8.85. The Labute approximate surface area is 239 Å². The lowest BCUT2D eigenvalue weighted by Crippen LogP contribution is -2.58. The Morgan fingerprint density at radius 2 is 1.61 bits per heavy atom. The number of thiophene rings is 1. The Morgan fingerprint density at radius 1 is 0.829 bits per heavy atom. The average Bonchev–Trinajstić information content (AvgIpc) is 3.56. The fourth-order valence-corrected chi connectivity index (χ4v) is 6.62. The van der Waals surface area contributed by atoms with Gasteiger partial charge in [0.15, 0.2) is 5.82 Å². The number of hydrogen-bond donors (Lipinski definition) is 2. The molecule has 41 heavy (non-hydrogen) atoms. The SMILES string of the molecule is O=C1CCN(N2C(=O)c3ccc(CN4CCN(c5nc(N6CCNCC6)c6sccc6n5)CC4)cc3C2=O)C(=O)N1. The standard InChI is InChI=1S/C27H29N9O4S/c37-21-3-7-35(27(40)30-21)36-24(38)18-2-1-17(15-19(18)25(36)39)16-32-10-12-34(13-11-32)26-29-20-4-14-41-22(20)23(31-26)33-8-5-28-6-9-33/h1-2,4,14-15,28H,3,5-13,16H2,(H,30,37,40). The molecule has 3 saturated heterocycles. The van der Waals surface area contributed by atoms with Gasteiger partial charge in [0, 0.05) is 65.3 Å². The summed E-state index contributed by atoms with van der Waals surface area (Å²) < 4.78 is 1.13. The molecule has 7 rings (SSSR count). The van der Waals surface area contributed by atoms with Crippen LogP contribution in [-0.4, -0.2) is 108 Å². The zero-order valence-electron chi connectivity index (χ0n) is 22.3. The van der Waals surface area contributed by atoms with E-state index in [0.717, 1.165) is 89.9 Å². The van der Waals surface area contributed by atoms with E-state index in [1.807, 2.05) is 6.07 Å². The molecule has 3 aromatic rings. The quantitative estimate of drug-likeness (QED) is 0.422. The Balaban J connectivity index is 1.03. The number of nitrogens with zero attached hydrogens (tertiary/aromatic N) is 7. The van der Waals surface area contributed by atoms with Crippen LogP contribution in [-0.2, 0) is 11.3 Å². The number of piperazine rings is 2. The minimum Gasteiger partial charge on any atom is -0.353 e. The first-order valence-corrected chi connectivity index (χ1v) is 14.7. The maximum Gasteiger partial charge on any atom is 0.343 e. The van der Waals surface area contributed by atoms with E-state index in [9.17, 15) is 19.2 Å². The molecule has 5 amide bonds. The van der Waals surface area contributed by atoms with Crippen LogP contribution in [0.25, 0.3) is 10.2 Å². The average molecular weight is 576 g/mol. The van der Waals surface area contributed by atoms with E-state index in [2.05, 4.69) is 36.8 Å². The first-order chi connectivity index (χ1) is 20.0. The fraction of sp³-hybridized carbons (Fsp3) is 0.407. The molecule has 4 aliphatic rings. The molecule has 0 unspecified atom stereocenters. The summed E-state index contributed by atoms with van der Waals surface area (Å²) >= 11 is 1.68. The summed E-state index contributed by atoms with van der Waals surface area (Å²) in [4.78, 5) is 66.7. The number of anilines is 2. The van der Waals surface area contributed by atoms with Gasteiger partial charge >= 0.3 is 6.03 Å². The summed E-state index contributed by atoms with van der Waals surface area (Å²) in [6.07, 6.45) is 0.0274. The van der Waals surface area contributed by atoms with Crippen molar-refractivity contribution in [1.82, 2.24) is 35.5 Å². The minimum atomic E-state index is -0.768. The molecular weight excluding hydrogens is 546 g/mol. The molecule has 0 radical (unpaired) electrons. The van der Waals surface area contributed by atoms with E-state index in [4.69, 9.17) is 9.97 Å². The summed E-state index contributed by atoms with van der Waals surface area (Å²) in [5.41, 5.74) is 2.43. The molecule has 212 valence electrons. The lowest BCUT2D eigenvalue weighted by molar-refractivity contribution is -0.122. The second-order valence-electron chi connectivity index (χ2n) is 10.5. The van der Waals surface area contributed by atoms with Crippen LogP contribution in [0.3, 0.4) is 0 Å². The molecule has 4 aliphatic heterocycles. The second-order valence-corrected chi connectivity index (χ2v) is 11.4. The van der Waals surface area contributed by atoms with E-state index in [0.29, 0.717) is 6.54 Å². The number of carbonyl (C=O) groups excluding carboxylic acids is 4. The van der Waals surface area contributed by atoms with Gasteiger partial charge in [-0.15, -0.1) is 11.3 Å². The molecule has 0 saturated carbocycles. The normalized spacial score (nSPS) is 20.3. The van der Waals surface area contributed by atoms with Crippen molar-refractivity contribution < 1.29 is 19.2 Å². The highest BCUT2D eigenvalue weighted by molar-refractivity contribution is 7.17. The lowest BCUT2D eigenvalue weighted by Gasteiger charge is -2.35. The number of hydrogen-bond acceptors (Lipinski definition) is 11. The number of hydrazine groups is 1. The van der Waals surface area contributed by atoms with Crippen LogP contribution in [0.15, 0.2) is 29.6 Å². The number of benzene rings is 1. The Hall–Kier alpha value is -4.14. The summed E-state index contributed by atoms with van der Waals surface area (Å²) in [6.45, 7) is 7.48. The summed E-state index contributed by atoms with van der Waals surface area (Å²) in [7, 11) is 0. The van der Waals surface area contributed by atoms with E-state index in [1.54, 1.807) is 23.5 Å². The van der Waals surface area contributed by atoms with Gasteiger partial charge in [0.25, 0.3) is 11.8 Å². The number of fused-ring (bicyclic) bond motifs is 2. The largest absolute Gasteiger partial charge is 0.353 e. The molecule has 2 aromatic heterocycles. The summed E-state index contributed by atoms with van der Waals surface area (Å²) in [6, 6.07) is 6.53. The van der Waals surface area contributed by atoms with Crippen LogP contribution in [0.2, 0.25) is 0 Å². The van der Waals surface area contributed by atoms with Gasteiger partial charge in [-0.25, -0.2) is 14.8 Å². The molecule has 14 heteroatoms. The number of carbonyl (C=O) groups is 4. The molecular formula is C27H29N9O4S. The van der Waals surface area contributed by atoms with Crippen molar-refractivity contribution in [2.24, 2.45) is 0 Å². The van der Waals surface area contributed by atoms with Crippen molar-refractivity contribution in [1.29, 1.82) is 0 Å². The van der Waals surface area contributed by atoms with Crippen LogP contribution >= 0.6 is 11.3 Å². The Kier molecular flexibility index (Phi) is 6.52. The van der Waals surface area contributed by atoms with Gasteiger partial charge in [-0.3, -0.25) is 24.6 Å². The molecule has 1 aromatic carbocycles. The number of imide groups is 2. The van der Waals surface area contributed by atoms with Gasteiger partial charge in [0.1, 0.15) is 0 Å². The van der Waals surface area contributed by atoms with Crippen LogP contribution in [0.1, 0.15) is 32.7 Å². The molecule has 0 aliphatic carbocycles. The van der Waals surface area contributed by atoms with Crippen LogP contribution < -0.4 is 20.4 Å². The zero-order valence-corrected chi connectivity index (χ0v) is 23.2. The number of nitrogens with one attached hydrogen (secondary N) is 2. The van der Waals surface area contributed by atoms with Crippen molar-refractivity contribution in [3.8, 4) is 0 Å². The van der Waals surface area contributed by atoms with Gasteiger partial charge in [-0.2, -0.15) is 9.99 Å². The van der Waals surface area contributed by atoms with Crippen molar-refractivity contribution >= 4 is 57.1 Å². The monoisotopic (exact) mass is 575 g/mol. The molecule has 6 heterocycles. The third kappa shape index (κ3) is 4.67. The predicted octanol–water partition coefficient (Wildman–Crippen LogP) is 0.876. The van der Waals surface area contributed by atoms with Crippen LogP contribution in [0, 0.1) is 0 Å². The number of aromatic nitrogens is 2. The molecule has 2 N–H and O–H groups in total. The minimum absolute atomic E-state index is 0.0208. The zero-order chi connectivity index (χ0) is 28.1. The van der Waals surface area contributed by atoms with Crippen LogP contribution in [0.4, 0.5) is 16.6 Å². The number of urea groups is 1. The maximum atomic E-state index is 13.2. The van der Waals surface area contributed by atoms with E-state index < -0.39 is 23.8 Å². The topological polar surface area (TPSA) is 134 Å². The molecule has 3 fully saturated rings. The van der Waals surface area contributed by atoms with Gasteiger partial charge in [0.2, 0.25) is 11.9 Å². The van der Waals surface area contributed by atoms with Crippen LogP contribution in [0.5, 0.6) is 0 Å². The smallest absolute Gasteiger partial charge is 0.343 e. The Bertz CT molecular complexity index is 1560. The molecule has 13 nitrogen and oxygen atoms in total. The highest BCUT2D eigenvalue weighted by Gasteiger charge is 2.43. The van der Waals surface area contributed by atoms with Gasteiger partial charge in [0.05, 0.1) is 27.9 Å². The van der Waals surface area contributed by atoms with Crippen molar-refractivity contribution in [2.45, 2.75) is 13.0 Å². The maximum absolute atomic E-state index is 13.2. The van der Waals surface area contributed by atoms with Gasteiger partial charge < -0.3 is 15.1 Å². The van der Waals surface area contributed by atoms with E-state index in [1.165, 1.54) is 0 Å². The summed E-state index contributed by atoms with van der Waals surface area (Å²) in [5.74, 6) is 0.238. The molecule has 0 bridgehead atoms. The van der Waals surface area contributed by atoms with Gasteiger partial charge in [-0.05, 0) is 29.1 Å². The first-order valence-electron chi connectivity index (χ1n) is 13.8. The summed E-state index contributed by atoms with van der Waals surface area (Å²) in [5, 5.41) is 9.48.